The van der Waals surface area contributed by atoms with Crippen LogP contribution in [0.5, 0.6) is 0 Å². The predicted molar refractivity (Wildman–Crippen MR) is 128 cm³/mol. The second kappa shape index (κ2) is 10.3. The van der Waals surface area contributed by atoms with E-state index in [9.17, 15) is 14.4 Å². The van der Waals surface area contributed by atoms with Crippen LogP contribution in [0.2, 0.25) is 0 Å². The molecule has 0 aliphatic heterocycles. The minimum Gasteiger partial charge on any atom is -0.481 e. The van der Waals surface area contributed by atoms with Gasteiger partial charge in [-0.05, 0) is 36.1 Å². The molecule has 0 fully saturated rings. The van der Waals surface area contributed by atoms with Gasteiger partial charge in [0.05, 0.1) is 18.0 Å². The molecule has 2 amide bonds. The summed E-state index contributed by atoms with van der Waals surface area (Å²) in [6.07, 6.45) is 2.07. The quantitative estimate of drug-likeness (QED) is 0.456. The number of aliphatic carboxylic acids is 1. The van der Waals surface area contributed by atoms with Crippen LogP contribution >= 0.6 is 0 Å². The summed E-state index contributed by atoms with van der Waals surface area (Å²) in [7, 11) is 0. The molecule has 3 aromatic rings. The van der Waals surface area contributed by atoms with E-state index >= 15 is 0 Å². The monoisotopic (exact) mass is 474 g/mol. The molecule has 180 valence electrons. The van der Waals surface area contributed by atoms with E-state index < -0.39 is 29.9 Å². The average molecular weight is 475 g/mol. The number of fused-ring (bicyclic) bond motifs is 3. The number of hydrogen-bond acceptors (Lipinski definition) is 6. The van der Waals surface area contributed by atoms with Crippen molar-refractivity contribution >= 4 is 18.0 Å². The fourth-order valence-electron chi connectivity index (χ4n) is 3.99. The Balaban J connectivity index is 1.29. The summed E-state index contributed by atoms with van der Waals surface area (Å²) in [5.74, 6) is -1.93. The first-order valence-corrected chi connectivity index (χ1v) is 11.3. The summed E-state index contributed by atoms with van der Waals surface area (Å²) in [5.41, 5.74) is 4.76. The van der Waals surface area contributed by atoms with Gasteiger partial charge >= 0.3 is 12.1 Å². The Kier molecular flexibility index (Phi) is 7.05. The lowest BCUT2D eigenvalue weighted by molar-refractivity contribution is -0.141. The molecule has 2 atom stereocenters. The largest absolute Gasteiger partial charge is 0.481 e. The van der Waals surface area contributed by atoms with Gasteiger partial charge in [-0.25, -0.2) is 14.8 Å². The third-order valence-corrected chi connectivity index (χ3v) is 6.20. The molecule has 35 heavy (non-hydrogen) atoms. The first kappa shape index (κ1) is 23.9. The molecule has 3 N–H and O–H groups in total. The smallest absolute Gasteiger partial charge is 0.407 e. The van der Waals surface area contributed by atoms with Crippen LogP contribution < -0.4 is 10.6 Å². The fraction of sp³-hybridized carbons (Fsp3) is 0.269. The predicted octanol–water partition coefficient (Wildman–Crippen LogP) is 3.35. The molecular weight excluding hydrogens is 448 g/mol. The van der Waals surface area contributed by atoms with Crippen molar-refractivity contribution in [1.29, 1.82) is 0 Å². The number of amides is 2. The molecule has 4 rings (SSSR count). The van der Waals surface area contributed by atoms with E-state index in [-0.39, 0.29) is 24.6 Å². The molecule has 9 heteroatoms. The Morgan fingerprint density at radius 1 is 0.971 bits per heavy atom. The highest BCUT2D eigenvalue weighted by atomic mass is 16.5. The van der Waals surface area contributed by atoms with Crippen molar-refractivity contribution < 1.29 is 24.2 Å². The van der Waals surface area contributed by atoms with Crippen LogP contribution in [0.3, 0.4) is 0 Å². The highest BCUT2D eigenvalue weighted by Crippen LogP contribution is 2.44. The molecular formula is C26H26N4O5. The second-order valence-electron chi connectivity index (χ2n) is 8.46. The number of carbonyl (C=O) groups is 3. The maximum atomic E-state index is 12.3. The molecule has 1 aliphatic rings. The summed E-state index contributed by atoms with van der Waals surface area (Å²) in [6.45, 7) is 3.36. The standard InChI is InChI=1S/C26H26N4O5/c1-15(25(32)33)16(2)30-24(31)17-11-27-23(28-12-17)13-29-26(34)35-14-22-20-9-5-3-7-18(20)19-8-4-6-10-21(19)22/h3-12,15-16,22H,13-14H2,1-2H3,(H,29,34)(H,30,31)(H,32,33). The fourth-order valence-corrected chi connectivity index (χ4v) is 3.99. The van der Waals surface area contributed by atoms with E-state index in [0.29, 0.717) is 5.82 Å². The molecule has 1 heterocycles. The zero-order valence-electron chi connectivity index (χ0n) is 19.4. The number of carboxylic acids is 1. The van der Waals surface area contributed by atoms with E-state index in [1.54, 1.807) is 6.92 Å². The molecule has 0 spiro atoms. The van der Waals surface area contributed by atoms with Gasteiger partial charge in [0.1, 0.15) is 12.4 Å². The van der Waals surface area contributed by atoms with Crippen molar-refractivity contribution in [1.82, 2.24) is 20.6 Å². The van der Waals surface area contributed by atoms with Gasteiger partial charge in [-0.15, -0.1) is 0 Å². The number of alkyl carbamates (subject to hydrolysis) is 1. The molecule has 1 aliphatic carbocycles. The van der Waals surface area contributed by atoms with Gasteiger partial charge in [-0.1, -0.05) is 48.5 Å². The zero-order chi connectivity index (χ0) is 24.9. The lowest BCUT2D eigenvalue weighted by atomic mass is 9.98. The molecule has 0 saturated carbocycles. The van der Waals surface area contributed by atoms with Gasteiger partial charge in [-0.3, -0.25) is 9.59 Å². The Labute approximate surface area is 202 Å². The third kappa shape index (κ3) is 5.29. The zero-order valence-corrected chi connectivity index (χ0v) is 19.4. The maximum absolute atomic E-state index is 12.3. The van der Waals surface area contributed by atoms with E-state index in [2.05, 4.69) is 44.9 Å². The summed E-state index contributed by atoms with van der Waals surface area (Å²) < 4.78 is 5.49. The molecule has 2 unspecified atom stereocenters. The Morgan fingerprint density at radius 3 is 2.11 bits per heavy atom. The third-order valence-electron chi connectivity index (χ3n) is 6.20. The minimum atomic E-state index is -0.997. The van der Waals surface area contributed by atoms with E-state index in [0.717, 1.165) is 22.3 Å². The molecule has 1 aromatic heterocycles. The number of ether oxygens (including phenoxy) is 1. The lowest BCUT2D eigenvalue weighted by Gasteiger charge is -2.17. The molecule has 0 saturated heterocycles. The minimum absolute atomic E-state index is 0.0328. The Hall–Kier alpha value is -4.27. The van der Waals surface area contributed by atoms with Crippen molar-refractivity contribution in [3.05, 3.63) is 83.4 Å². The van der Waals surface area contributed by atoms with Gasteiger partial charge < -0.3 is 20.5 Å². The van der Waals surface area contributed by atoms with Gasteiger partial charge in [0.2, 0.25) is 0 Å². The van der Waals surface area contributed by atoms with Crippen LogP contribution in [0.25, 0.3) is 11.1 Å². The number of hydrogen-bond donors (Lipinski definition) is 3. The van der Waals surface area contributed by atoms with Gasteiger partial charge in [-0.2, -0.15) is 0 Å². The number of carboxylic acid groups (broad SMARTS) is 1. The van der Waals surface area contributed by atoms with Crippen molar-refractivity contribution in [2.75, 3.05) is 6.61 Å². The van der Waals surface area contributed by atoms with E-state index in [4.69, 9.17) is 9.84 Å². The van der Waals surface area contributed by atoms with Gasteiger partial charge in [0.15, 0.2) is 0 Å². The lowest BCUT2D eigenvalue weighted by Crippen LogP contribution is -2.40. The van der Waals surface area contributed by atoms with Crippen molar-refractivity contribution in [3.8, 4) is 11.1 Å². The van der Waals surface area contributed by atoms with Crippen molar-refractivity contribution in [2.45, 2.75) is 32.4 Å². The van der Waals surface area contributed by atoms with Crippen molar-refractivity contribution in [3.63, 3.8) is 0 Å². The number of aromatic nitrogens is 2. The Morgan fingerprint density at radius 2 is 1.54 bits per heavy atom. The van der Waals surface area contributed by atoms with Gasteiger partial charge in [0.25, 0.3) is 5.91 Å². The van der Waals surface area contributed by atoms with Crippen LogP contribution in [0, 0.1) is 5.92 Å². The van der Waals surface area contributed by atoms with E-state index in [1.165, 1.54) is 19.3 Å². The number of carbonyl (C=O) groups excluding carboxylic acids is 2. The summed E-state index contributed by atoms with van der Waals surface area (Å²) in [4.78, 5) is 43.8. The number of nitrogens with one attached hydrogen (secondary N) is 2. The second-order valence-corrected chi connectivity index (χ2v) is 8.46. The molecule has 0 bridgehead atoms. The SMILES string of the molecule is CC(NC(=O)c1cnc(CNC(=O)OCC2c3ccccc3-c3ccccc32)nc1)C(C)C(=O)O. The van der Waals surface area contributed by atoms with Crippen LogP contribution in [-0.2, 0) is 16.1 Å². The van der Waals surface area contributed by atoms with Crippen LogP contribution in [0.4, 0.5) is 4.79 Å². The first-order chi connectivity index (χ1) is 16.8. The van der Waals surface area contributed by atoms with E-state index in [1.807, 2.05) is 24.3 Å². The summed E-state index contributed by atoms with van der Waals surface area (Å²) >= 11 is 0. The molecule has 0 radical (unpaired) electrons. The summed E-state index contributed by atoms with van der Waals surface area (Å²) in [6, 6.07) is 15.6. The average Bonchev–Trinajstić information content (AvgIpc) is 3.19. The van der Waals surface area contributed by atoms with Crippen LogP contribution in [0.15, 0.2) is 60.9 Å². The first-order valence-electron chi connectivity index (χ1n) is 11.3. The topological polar surface area (TPSA) is 131 Å². The van der Waals surface area contributed by atoms with Gasteiger partial charge in [0, 0.05) is 24.4 Å². The maximum Gasteiger partial charge on any atom is 0.407 e. The highest BCUT2D eigenvalue weighted by molar-refractivity contribution is 5.94. The number of nitrogens with zero attached hydrogens (tertiary/aromatic N) is 2. The molecule has 9 nitrogen and oxygen atoms in total. The Bertz CT molecular complexity index is 1200. The van der Waals surface area contributed by atoms with Crippen LogP contribution in [-0.4, -0.2) is 45.7 Å². The van der Waals surface area contributed by atoms with Crippen LogP contribution in [0.1, 0.15) is 47.1 Å². The number of benzene rings is 2. The highest BCUT2D eigenvalue weighted by Gasteiger charge is 2.29. The summed E-state index contributed by atoms with van der Waals surface area (Å²) in [5, 5.41) is 14.3. The number of rotatable bonds is 8. The normalized spacial score (nSPS) is 13.8. The van der Waals surface area contributed by atoms with Crippen molar-refractivity contribution in [2.24, 2.45) is 5.92 Å². The molecule has 2 aromatic carbocycles.